The first kappa shape index (κ1) is 13.3. The summed E-state index contributed by atoms with van der Waals surface area (Å²) < 4.78 is 2.23. The van der Waals surface area contributed by atoms with E-state index >= 15 is 0 Å². The van der Waals surface area contributed by atoms with E-state index < -0.39 is 0 Å². The number of halogens is 2. The molecule has 0 aliphatic heterocycles. The Morgan fingerprint density at radius 3 is 2.89 bits per heavy atom. The number of hydrogen-bond acceptors (Lipinski definition) is 1. The van der Waals surface area contributed by atoms with Gasteiger partial charge in [0.15, 0.2) is 0 Å². The van der Waals surface area contributed by atoms with E-state index in [1.54, 1.807) is 0 Å². The fourth-order valence-corrected chi connectivity index (χ4v) is 3.71. The smallest absolute Gasteiger partial charge is 0.124 e. The lowest BCUT2D eigenvalue weighted by molar-refractivity contribution is 0.441. The highest BCUT2D eigenvalue weighted by Gasteiger charge is 2.23. The average molecular weight is 297 g/mol. The molecule has 2 atom stereocenters. The second-order valence-corrected chi connectivity index (χ2v) is 6.34. The summed E-state index contributed by atoms with van der Waals surface area (Å²) in [5.41, 5.74) is 1.99. The SMILES string of the molecule is CC1CCC(Cn2c(CCl)nc3cccc(Cl)c32)C1. The minimum Gasteiger partial charge on any atom is -0.325 e. The second kappa shape index (κ2) is 5.34. The maximum atomic E-state index is 6.34. The van der Waals surface area contributed by atoms with Crippen molar-refractivity contribution in [2.45, 2.75) is 38.6 Å². The molecule has 0 bridgehead atoms. The first-order valence-corrected chi connectivity index (χ1v) is 7.80. The number of hydrogen-bond donors (Lipinski definition) is 0. The van der Waals surface area contributed by atoms with Gasteiger partial charge < -0.3 is 4.57 Å². The number of nitrogens with zero attached hydrogens (tertiary/aromatic N) is 2. The van der Waals surface area contributed by atoms with Crippen LogP contribution in [0, 0.1) is 11.8 Å². The third-order valence-electron chi connectivity index (χ3n) is 4.16. The number of rotatable bonds is 3. The molecule has 0 saturated heterocycles. The maximum absolute atomic E-state index is 6.34. The Kier molecular flexibility index (Phi) is 3.72. The van der Waals surface area contributed by atoms with Crippen molar-refractivity contribution in [3.8, 4) is 0 Å². The molecular formula is C15H18Cl2N2. The second-order valence-electron chi connectivity index (χ2n) is 5.66. The number of fused-ring (bicyclic) bond motifs is 1. The zero-order chi connectivity index (χ0) is 13.4. The summed E-state index contributed by atoms with van der Waals surface area (Å²) in [6.45, 7) is 3.33. The Morgan fingerprint density at radius 2 is 2.21 bits per heavy atom. The highest BCUT2D eigenvalue weighted by molar-refractivity contribution is 6.35. The van der Waals surface area contributed by atoms with Gasteiger partial charge in [0.1, 0.15) is 5.82 Å². The number of alkyl halides is 1. The molecule has 2 nitrogen and oxygen atoms in total. The zero-order valence-corrected chi connectivity index (χ0v) is 12.6. The number of para-hydroxylation sites is 1. The van der Waals surface area contributed by atoms with Crippen molar-refractivity contribution < 1.29 is 0 Å². The third kappa shape index (κ3) is 2.48. The van der Waals surface area contributed by atoms with E-state index in [0.29, 0.717) is 5.88 Å². The summed E-state index contributed by atoms with van der Waals surface area (Å²) in [4.78, 5) is 4.60. The predicted octanol–water partition coefficient (Wildman–Crippen LogP) is 4.86. The van der Waals surface area contributed by atoms with Gasteiger partial charge in [-0.15, -0.1) is 11.6 Å². The Balaban J connectivity index is 2.00. The summed E-state index contributed by atoms with van der Waals surface area (Å²) in [6.07, 6.45) is 3.93. The van der Waals surface area contributed by atoms with Crippen molar-refractivity contribution >= 4 is 34.2 Å². The Bertz CT molecular complexity index is 591. The molecule has 1 heterocycles. The molecule has 0 amide bonds. The van der Waals surface area contributed by atoms with E-state index in [0.717, 1.165) is 40.3 Å². The van der Waals surface area contributed by atoms with Crippen molar-refractivity contribution in [2.24, 2.45) is 11.8 Å². The molecule has 1 aliphatic carbocycles. The highest BCUT2D eigenvalue weighted by atomic mass is 35.5. The monoisotopic (exact) mass is 296 g/mol. The van der Waals surface area contributed by atoms with Gasteiger partial charge in [0.25, 0.3) is 0 Å². The third-order valence-corrected chi connectivity index (χ3v) is 4.70. The fraction of sp³-hybridized carbons (Fsp3) is 0.533. The summed E-state index contributed by atoms with van der Waals surface area (Å²) in [5.74, 6) is 2.94. The van der Waals surface area contributed by atoms with Crippen LogP contribution in [0.25, 0.3) is 11.0 Å². The van der Waals surface area contributed by atoms with Gasteiger partial charge in [-0.2, -0.15) is 0 Å². The molecule has 0 radical (unpaired) electrons. The Hall–Kier alpha value is -0.730. The van der Waals surface area contributed by atoms with Crippen LogP contribution in [0.15, 0.2) is 18.2 Å². The number of benzene rings is 1. The highest BCUT2D eigenvalue weighted by Crippen LogP contribution is 2.34. The molecule has 0 N–H and O–H groups in total. The summed E-state index contributed by atoms with van der Waals surface area (Å²) in [7, 11) is 0. The lowest BCUT2D eigenvalue weighted by Gasteiger charge is -2.14. The molecule has 4 heteroatoms. The van der Waals surface area contributed by atoms with Crippen LogP contribution in [0.4, 0.5) is 0 Å². The van der Waals surface area contributed by atoms with Crippen molar-refractivity contribution in [2.75, 3.05) is 0 Å². The van der Waals surface area contributed by atoms with Gasteiger partial charge in [-0.3, -0.25) is 0 Å². The van der Waals surface area contributed by atoms with Crippen molar-refractivity contribution in [1.29, 1.82) is 0 Å². The molecule has 1 fully saturated rings. The average Bonchev–Trinajstić information content (AvgIpc) is 2.95. The molecule has 1 aliphatic rings. The molecule has 2 unspecified atom stereocenters. The van der Waals surface area contributed by atoms with Crippen LogP contribution in [-0.4, -0.2) is 9.55 Å². The van der Waals surface area contributed by atoms with E-state index in [2.05, 4.69) is 16.5 Å². The molecule has 1 aromatic heterocycles. The van der Waals surface area contributed by atoms with Gasteiger partial charge in [-0.25, -0.2) is 4.98 Å². The van der Waals surface area contributed by atoms with Crippen molar-refractivity contribution in [3.63, 3.8) is 0 Å². The predicted molar refractivity (Wildman–Crippen MR) is 80.8 cm³/mol. The van der Waals surface area contributed by atoms with Gasteiger partial charge in [0.2, 0.25) is 0 Å². The molecule has 0 spiro atoms. The lowest BCUT2D eigenvalue weighted by atomic mass is 10.1. The zero-order valence-electron chi connectivity index (χ0n) is 11.1. The quantitative estimate of drug-likeness (QED) is 0.739. The van der Waals surface area contributed by atoms with Gasteiger partial charge in [0, 0.05) is 6.54 Å². The molecule has 1 aromatic carbocycles. The number of imidazole rings is 1. The van der Waals surface area contributed by atoms with E-state index in [4.69, 9.17) is 23.2 Å². The van der Waals surface area contributed by atoms with Gasteiger partial charge in [-0.05, 0) is 36.8 Å². The van der Waals surface area contributed by atoms with Crippen LogP contribution >= 0.6 is 23.2 Å². The van der Waals surface area contributed by atoms with Crippen LogP contribution in [-0.2, 0) is 12.4 Å². The van der Waals surface area contributed by atoms with Gasteiger partial charge >= 0.3 is 0 Å². The molecule has 1 saturated carbocycles. The van der Waals surface area contributed by atoms with E-state index in [9.17, 15) is 0 Å². The normalized spacial score (nSPS) is 23.3. The maximum Gasteiger partial charge on any atom is 0.124 e. The van der Waals surface area contributed by atoms with E-state index in [-0.39, 0.29) is 0 Å². The van der Waals surface area contributed by atoms with Crippen LogP contribution < -0.4 is 0 Å². The van der Waals surface area contributed by atoms with Crippen LogP contribution in [0.2, 0.25) is 5.02 Å². The van der Waals surface area contributed by atoms with Crippen LogP contribution in [0.5, 0.6) is 0 Å². The molecule has 102 valence electrons. The molecule has 3 rings (SSSR count). The van der Waals surface area contributed by atoms with Gasteiger partial charge in [-0.1, -0.05) is 31.0 Å². The van der Waals surface area contributed by atoms with Crippen LogP contribution in [0.3, 0.4) is 0 Å². The summed E-state index contributed by atoms with van der Waals surface area (Å²) in [5, 5.41) is 0.771. The number of aromatic nitrogens is 2. The standard InChI is InChI=1S/C15H18Cl2N2/c1-10-5-6-11(7-10)9-19-14(8-16)18-13-4-2-3-12(17)15(13)19/h2-4,10-11H,5-9H2,1H3. The molecule has 19 heavy (non-hydrogen) atoms. The summed E-state index contributed by atoms with van der Waals surface area (Å²) >= 11 is 12.4. The van der Waals surface area contributed by atoms with Crippen molar-refractivity contribution in [1.82, 2.24) is 9.55 Å². The summed E-state index contributed by atoms with van der Waals surface area (Å²) in [6, 6.07) is 5.88. The van der Waals surface area contributed by atoms with E-state index in [1.165, 1.54) is 19.3 Å². The molecular weight excluding hydrogens is 279 g/mol. The van der Waals surface area contributed by atoms with Crippen molar-refractivity contribution in [3.05, 3.63) is 29.0 Å². The van der Waals surface area contributed by atoms with Gasteiger partial charge in [0.05, 0.1) is 21.9 Å². The lowest BCUT2D eigenvalue weighted by Crippen LogP contribution is -2.10. The van der Waals surface area contributed by atoms with E-state index in [1.807, 2.05) is 18.2 Å². The first-order valence-electron chi connectivity index (χ1n) is 6.88. The fourth-order valence-electron chi connectivity index (χ4n) is 3.24. The Labute approximate surface area is 123 Å². The largest absolute Gasteiger partial charge is 0.325 e. The molecule has 2 aromatic rings. The topological polar surface area (TPSA) is 17.8 Å². The first-order chi connectivity index (χ1) is 9.19. The Morgan fingerprint density at radius 1 is 1.37 bits per heavy atom. The minimum absolute atomic E-state index is 0.438. The van der Waals surface area contributed by atoms with Crippen LogP contribution in [0.1, 0.15) is 32.0 Å². The minimum atomic E-state index is 0.438.